The molecule has 0 unspecified atom stereocenters. The summed E-state index contributed by atoms with van der Waals surface area (Å²) in [6, 6.07) is 19.8. The molecule has 0 saturated carbocycles. The molecular formula is C28H26ClN5O4. The minimum absolute atomic E-state index is 0.298. The molecule has 0 bridgehead atoms. The van der Waals surface area contributed by atoms with Crippen LogP contribution in [0.15, 0.2) is 84.3 Å². The zero-order chi connectivity index (χ0) is 26.6. The lowest BCUT2D eigenvalue weighted by Gasteiger charge is -2.29. The van der Waals surface area contributed by atoms with Crippen LogP contribution in [0.3, 0.4) is 0 Å². The van der Waals surface area contributed by atoms with E-state index in [0.717, 1.165) is 11.1 Å². The number of allylic oxidation sites excluding steroid dienone is 1. The van der Waals surface area contributed by atoms with Crippen molar-refractivity contribution in [2.45, 2.75) is 19.6 Å². The summed E-state index contributed by atoms with van der Waals surface area (Å²) in [6.07, 6.45) is 1.46. The van der Waals surface area contributed by atoms with Crippen molar-refractivity contribution in [1.29, 1.82) is 0 Å². The number of carbonyl (C=O) groups excluding carboxylic acids is 1. The maximum atomic E-state index is 13.7. The molecule has 1 aromatic heterocycles. The van der Waals surface area contributed by atoms with E-state index in [1.807, 2.05) is 55.5 Å². The number of carbonyl (C=O) groups is 1. The fourth-order valence-electron chi connectivity index (χ4n) is 4.28. The van der Waals surface area contributed by atoms with Gasteiger partial charge in [-0.25, -0.2) is 4.68 Å². The Hall–Kier alpha value is -4.50. The minimum atomic E-state index is -0.511. The van der Waals surface area contributed by atoms with Crippen LogP contribution >= 0.6 is 11.6 Å². The zero-order valence-corrected chi connectivity index (χ0v) is 21.8. The molecule has 194 valence electrons. The van der Waals surface area contributed by atoms with Gasteiger partial charge in [0, 0.05) is 16.8 Å². The number of hydrogen-bond donors (Lipinski definition) is 2. The summed E-state index contributed by atoms with van der Waals surface area (Å²) in [4.78, 5) is 18.0. The van der Waals surface area contributed by atoms with Gasteiger partial charge in [0.05, 0.1) is 25.5 Å². The summed E-state index contributed by atoms with van der Waals surface area (Å²) in [6.45, 7) is 2.25. The number of nitrogens with one attached hydrogen (secondary N) is 2. The molecule has 5 rings (SSSR count). The molecule has 0 spiro atoms. The molecule has 1 aliphatic rings. The lowest BCUT2D eigenvalue weighted by molar-refractivity contribution is -0.113. The Morgan fingerprint density at radius 2 is 1.76 bits per heavy atom. The van der Waals surface area contributed by atoms with Crippen LogP contribution < -0.4 is 24.8 Å². The van der Waals surface area contributed by atoms with Gasteiger partial charge < -0.3 is 24.8 Å². The van der Waals surface area contributed by atoms with Crippen LogP contribution in [0, 0.1) is 0 Å². The van der Waals surface area contributed by atoms with E-state index in [0.29, 0.717) is 51.8 Å². The second-order valence-corrected chi connectivity index (χ2v) is 9.04. The van der Waals surface area contributed by atoms with Gasteiger partial charge in [0.1, 0.15) is 36.2 Å². The van der Waals surface area contributed by atoms with Crippen molar-refractivity contribution in [3.8, 4) is 17.2 Å². The summed E-state index contributed by atoms with van der Waals surface area (Å²) < 4.78 is 18.4. The quantitative estimate of drug-likeness (QED) is 0.311. The predicted molar refractivity (Wildman–Crippen MR) is 145 cm³/mol. The van der Waals surface area contributed by atoms with Gasteiger partial charge in [0.25, 0.3) is 5.91 Å². The summed E-state index contributed by atoms with van der Waals surface area (Å²) in [5.74, 6) is 2.06. The van der Waals surface area contributed by atoms with Crippen molar-refractivity contribution >= 4 is 29.1 Å². The molecule has 3 aromatic carbocycles. The van der Waals surface area contributed by atoms with Gasteiger partial charge in [-0.15, -0.1) is 0 Å². The average molecular weight is 532 g/mol. The Kier molecular flexibility index (Phi) is 7.19. The van der Waals surface area contributed by atoms with Gasteiger partial charge in [0.15, 0.2) is 0 Å². The molecule has 0 fully saturated rings. The van der Waals surface area contributed by atoms with Crippen LogP contribution in [-0.4, -0.2) is 34.9 Å². The molecule has 0 saturated heterocycles. The lowest BCUT2D eigenvalue weighted by Crippen LogP contribution is -2.31. The Morgan fingerprint density at radius 1 is 1.03 bits per heavy atom. The van der Waals surface area contributed by atoms with Crippen LogP contribution in [0.2, 0.25) is 5.02 Å². The van der Waals surface area contributed by atoms with Crippen LogP contribution in [0.1, 0.15) is 24.1 Å². The Labute approximate surface area is 225 Å². The molecule has 4 aromatic rings. The Balaban J connectivity index is 1.41. The molecule has 0 aliphatic carbocycles. The number of benzene rings is 3. The van der Waals surface area contributed by atoms with Crippen molar-refractivity contribution in [2.24, 2.45) is 0 Å². The number of anilines is 2. The third kappa shape index (κ3) is 5.14. The van der Waals surface area contributed by atoms with E-state index in [2.05, 4.69) is 20.7 Å². The van der Waals surface area contributed by atoms with E-state index >= 15 is 0 Å². The largest absolute Gasteiger partial charge is 0.497 e. The van der Waals surface area contributed by atoms with Crippen molar-refractivity contribution in [1.82, 2.24) is 14.8 Å². The molecule has 9 nitrogen and oxygen atoms in total. The number of fused-ring (bicyclic) bond motifs is 1. The van der Waals surface area contributed by atoms with Gasteiger partial charge >= 0.3 is 0 Å². The summed E-state index contributed by atoms with van der Waals surface area (Å²) >= 11 is 5.96. The first-order valence-corrected chi connectivity index (χ1v) is 12.2. The standard InChI is InChI=1S/C28H26ClN5O4/c1-17-25(27(35)33-23-13-12-22(36-2)14-24(23)37-3)26(34-28(32-17)30-16-31-34)19-6-10-21(11-7-19)38-15-18-4-8-20(29)9-5-18/h4-14,16,26H,15H2,1-3H3,(H,33,35)(H,30,31,32)/t26-/m1/s1. The third-order valence-electron chi connectivity index (χ3n) is 6.21. The average Bonchev–Trinajstić information content (AvgIpc) is 3.40. The highest BCUT2D eigenvalue weighted by molar-refractivity contribution is 6.30. The zero-order valence-electron chi connectivity index (χ0n) is 21.1. The first-order chi connectivity index (χ1) is 18.5. The topological polar surface area (TPSA) is 99.5 Å². The molecule has 10 heteroatoms. The molecule has 1 amide bonds. The number of ether oxygens (including phenoxy) is 3. The van der Waals surface area contributed by atoms with Crippen LogP contribution in [0.25, 0.3) is 0 Å². The van der Waals surface area contributed by atoms with Gasteiger partial charge in [-0.1, -0.05) is 35.9 Å². The number of nitrogens with zero attached hydrogens (tertiary/aromatic N) is 3. The third-order valence-corrected chi connectivity index (χ3v) is 6.46. The normalized spacial score (nSPS) is 14.4. The van der Waals surface area contributed by atoms with Gasteiger partial charge in [-0.05, 0) is 54.4 Å². The number of halogens is 1. The predicted octanol–water partition coefficient (Wildman–Crippen LogP) is 5.46. The van der Waals surface area contributed by atoms with Gasteiger partial charge in [-0.3, -0.25) is 4.79 Å². The molecule has 2 heterocycles. The minimum Gasteiger partial charge on any atom is -0.497 e. The van der Waals surface area contributed by atoms with Gasteiger partial charge in [0.2, 0.25) is 5.95 Å². The van der Waals surface area contributed by atoms with E-state index in [-0.39, 0.29) is 5.91 Å². The highest BCUT2D eigenvalue weighted by atomic mass is 35.5. The first kappa shape index (κ1) is 25.2. The highest BCUT2D eigenvalue weighted by Gasteiger charge is 2.33. The lowest BCUT2D eigenvalue weighted by atomic mass is 9.95. The Morgan fingerprint density at radius 3 is 2.47 bits per heavy atom. The van der Waals surface area contributed by atoms with E-state index in [4.69, 9.17) is 25.8 Å². The maximum Gasteiger partial charge on any atom is 0.255 e. The molecule has 1 atom stereocenters. The van der Waals surface area contributed by atoms with Crippen molar-refractivity contribution < 1.29 is 19.0 Å². The molecule has 38 heavy (non-hydrogen) atoms. The van der Waals surface area contributed by atoms with E-state index in [9.17, 15) is 4.79 Å². The summed E-state index contributed by atoms with van der Waals surface area (Å²) in [5.41, 5.74) is 3.55. The number of amides is 1. The smallest absolute Gasteiger partial charge is 0.255 e. The first-order valence-electron chi connectivity index (χ1n) is 11.8. The molecule has 2 N–H and O–H groups in total. The summed E-state index contributed by atoms with van der Waals surface area (Å²) in [7, 11) is 3.11. The van der Waals surface area contributed by atoms with E-state index < -0.39 is 6.04 Å². The van der Waals surface area contributed by atoms with E-state index in [1.165, 1.54) is 13.4 Å². The van der Waals surface area contributed by atoms with Crippen molar-refractivity contribution in [2.75, 3.05) is 24.9 Å². The molecule has 0 radical (unpaired) electrons. The fraction of sp³-hybridized carbons (Fsp3) is 0.179. The maximum absolute atomic E-state index is 13.7. The molecular weight excluding hydrogens is 506 g/mol. The molecule has 1 aliphatic heterocycles. The van der Waals surface area contributed by atoms with E-state index in [1.54, 1.807) is 30.0 Å². The summed E-state index contributed by atoms with van der Waals surface area (Å²) in [5, 5.41) is 11.2. The number of hydrogen-bond acceptors (Lipinski definition) is 7. The fourth-order valence-corrected chi connectivity index (χ4v) is 4.40. The number of aromatic nitrogens is 3. The highest BCUT2D eigenvalue weighted by Crippen LogP contribution is 2.37. The van der Waals surface area contributed by atoms with Gasteiger partial charge in [-0.2, -0.15) is 10.1 Å². The number of methoxy groups -OCH3 is 2. The van der Waals surface area contributed by atoms with Crippen LogP contribution in [0.4, 0.5) is 11.6 Å². The van der Waals surface area contributed by atoms with Crippen molar-refractivity contribution in [3.63, 3.8) is 0 Å². The van der Waals surface area contributed by atoms with Crippen LogP contribution in [0.5, 0.6) is 17.2 Å². The SMILES string of the molecule is COc1ccc(NC(=O)C2=C(C)Nc3ncnn3[C@@H]2c2ccc(OCc3ccc(Cl)cc3)cc2)c(OC)c1. The number of rotatable bonds is 8. The Bertz CT molecular complexity index is 1480. The van der Waals surface area contributed by atoms with Crippen molar-refractivity contribution in [3.05, 3.63) is 100 Å². The second kappa shape index (κ2) is 10.9. The monoisotopic (exact) mass is 531 g/mol. The van der Waals surface area contributed by atoms with Crippen LogP contribution in [-0.2, 0) is 11.4 Å². The second-order valence-electron chi connectivity index (χ2n) is 8.60.